The third-order valence-corrected chi connectivity index (χ3v) is 5.38. The minimum atomic E-state index is -3.62. The van der Waals surface area contributed by atoms with Crippen molar-refractivity contribution in [1.82, 2.24) is 4.72 Å². The molecule has 0 bridgehead atoms. The molecule has 24 heavy (non-hydrogen) atoms. The largest absolute Gasteiger partial charge is 0.508 e. The summed E-state index contributed by atoms with van der Waals surface area (Å²) in [5, 5.41) is 12.4. The van der Waals surface area contributed by atoms with Crippen molar-refractivity contribution in [3.8, 4) is 5.75 Å². The van der Waals surface area contributed by atoms with Crippen molar-refractivity contribution >= 4 is 44.9 Å². The van der Waals surface area contributed by atoms with Gasteiger partial charge in [0.05, 0.1) is 9.92 Å². The number of phenolic OH excluding ortho intramolecular Hbond substituents is 1. The van der Waals surface area contributed by atoms with Gasteiger partial charge >= 0.3 is 0 Å². The minimum absolute atomic E-state index is 0.0147. The summed E-state index contributed by atoms with van der Waals surface area (Å²) < 4.78 is 26.1. The van der Waals surface area contributed by atoms with Crippen molar-refractivity contribution < 1.29 is 18.3 Å². The number of fused-ring (bicyclic) bond motifs is 1. The first-order valence-electron chi connectivity index (χ1n) is 6.91. The van der Waals surface area contributed by atoms with Crippen molar-refractivity contribution in [2.45, 2.75) is 4.90 Å². The van der Waals surface area contributed by atoms with Gasteiger partial charge in [-0.1, -0.05) is 11.6 Å². The first-order chi connectivity index (χ1) is 11.3. The van der Waals surface area contributed by atoms with Gasteiger partial charge in [0.1, 0.15) is 5.75 Å². The molecule has 0 unspecified atom stereocenters. The number of sulfonamides is 1. The number of amides is 1. The molecule has 124 valence electrons. The van der Waals surface area contributed by atoms with Crippen LogP contribution in [0.2, 0.25) is 5.02 Å². The number of benzene rings is 2. The second kappa shape index (κ2) is 5.94. The molecule has 6 nitrogen and oxygen atoms in total. The first kappa shape index (κ1) is 16.5. The molecule has 0 spiro atoms. The van der Waals surface area contributed by atoms with Crippen LogP contribution in [0, 0.1) is 0 Å². The summed E-state index contributed by atoms with van der Waals surface area (Å²) in [5.74, 6) is -0.339. The van der Waals surface area contributed by atoms with Gasteiger partial charge in [-0.3, -0.25) is 4.79 Å². The number of halogens is 1. The Bertz CT molecular complexity index is 984. The Morgan fingerprint density at radius 2 is 1.96 bits per heavy atom. The minimum Gasteiger partial charge on any atom is -0.508 e. The zero-order valence-corrected chi connectivity index (χ0v) is 14.1. The molecule has 2 aromatic carbocycles. The Balaban J connectivity index is 2.14. The van der Waals surface area contributed by atoms with Crippen LogP contribution in [0.3, 0.4) is 0 Å². The fourth-order valence-electron chi connectivity index (χ4n) is 2.38. The van der Waals surface area contributed by atoms with Crippen molar-refractivity contribution in [3.63, 3.8) is 0 Å². The van der Waals surface area contributed by atoms with E-state index < -0.39 is 10.0 Å². The van der Waals surface area contributed by atoms with Gasteiger partial charge in [0.2, 0.25) is 10.0 Å². The van der Waals surface area contributed by atoms with E-state index in [9.17, 15) is 18.3 Å². The second-order valence-electron chi connectivity index (χ2n) is 5.13. The van der Waals surface area contributed by atoms with E-state index in [1.54, 1.807) is 12.1 Å². The molecule has 1 aliphatic rings. The summed E-state index contributed by atoms with van der Waals surface area (Å²) >= 11 is 6.07. The van der Waals surface area contributed by atoms with Gasteiger partial charge < -0.3 is 10.4 Å². The highest BCUT2D eigenvalue weighted by molar-refractivity contribution is 7.89. The average Bonchev–Trinajstić information content (AvgIpc) is 2.85. The first-order valence-corrected chi connectivity index (χ1v) is 8.77. The molecule has 0 fully saturated rings. The van der Waals surface area contributed by atoms with E-state index >= 15 is 0 Å². The zero-order valence-electron chi connectivity index (χ0n) is 12.5. The predicted molar refractivity (Wildman–Crippen MR) is 92.3 cm³/mol. The lowest BCUT2D eigenvalue weighted by Gasteiger charge is -2.05. The number of carbonyl (C=O) groups is 1. The normalized spacial score (nSPS) is 15.4. The molecule has 2 aromatic rings. The van der Waals surface area contributed by atoms with Gasteiger partial charge in [-0.05, 0) is 55.1 Å². The maximum Gasteiger partial charge on any atom is 0.256 e. The number of hydrogen-bond acceptors (Lipinski definition) is 4. The highest BCUT2D eigenvalue weighted by atomic mass is 35.5. The van der Waals surface area contributed by atoms with Crippen LogP contribution in [0.25, 0.3) is 11.6 Å². The monoisotopic (exact) mass is 364 g/mol. The molecule has 0 atom stereocenters. The molecule has 1 aliphatic heterocycles. The van der Waals surface area contributed by atoms with Crippen LogP contribution in [0.4, 0.5) is 5.69 Å². The summed E-state index contributed by atoms with van der Waals surface area (Å²) in [6.45, 7) is 0. The van der Waals surface area contributed by atoms with E-state index in [2.05, 4.69) is 10.0 Å². The van der Waals surface area contributed by atoms with Crippen LogP contribution < -0.4 is 10.0 Å². The average molecular weight is 365 g/mol. The molecule has 1 heterocycles. The highest BCUT2D eigenvalue weighted by Crippen LogP contribution is 2.36. The lowest BCUT2D eigenvalue weighted by atomic mass is 10.0. The van der Waals surface area contributed by atoms with Gasteiger partial charge in [0, 0.05) is 16.8 Å². The van der Waals surface area contributed by atoms with Gasteiger partial charge in [0.25, 0.3) is 5.91 Å². The Hall–Kier alpha value is -2.35. The van der Waals surface area contributed by atoms with E-state index in [1.807, 2.05) is 0 Å². The predicted octanol–water partition coefficient (Wildman–Crippen LogP) is 2.45. The summed E-state index contributed by atoms with van der Waals surface area (Å²) in [6, 6.07) is 8.78. The van der Waals surface area contributed by atoms with Gasteiger partial charge in [-0.15, -0.1) is 0 Å². The topological polar surface area (TPSA) is 95.5 Å². The van der Waals surface area contributed by atoms with Crippen LogP contribution in [0.5, 0.6) is 5.75 Å². The Kier molecular flexibility index (Phi) is 4.08. The van der Waals surface area contributed by atoms with Crippen LogP contribution in [-0.4, -0.2) is 26.5 Å². The van der Waals surface area contributed by atoms with E-state index in [4.69, 9.17) is 11.6 Å². The molecule has 1 amide bonds. The maximum atomic E-state index is 12.2. The van der Waals surface area contributed by atoms with E-state index in [0.29, 0.717) is 22.4 Å². The number of aromatic hydroxyl groups is 1. The highest BCUT2D eigenvalue weighted by Gasteiger charge is 2.26. The molecule has 0 aliphatic carbocycles. The van der Waals surface area contributed by atoms with Crippen molar-refractivity contribution in [2.75, 3.05) is 12.4 Å². The van der Waals surface area contributed by atoms with Gasteiger partial charge in [-0.25, -0.2) is 13.1 Å². The zero-order chi connectivity index (χ0) is 17.5. The SMILES string of the molecule is CNS(=O)(=O)c1ccc2c(c1)C(=Cc1ccc(O)cc1Cl)C(=O)N2. The Morgan fingerprint density at radius 3 is 2.62 bits per heavy atom. The number of rotatable bonds is 3. The second-order valence-corrected chi connectivity index (χ2v) is 7.43. The summed E-state index contributed by atoms with van der Waals surface area (Å²) in [6.07, 6.45) is 1.55. The van der Waals surface area contributed by atoms with Crippen LogP contribution in [0.1, 0.15) is 11.1 Å². The van der Waals surface area contributed by atoms with Crippen LogP contribution in [-0.2, 0) is 14.8 Å². The van der Waals surface area contributed by atoms with E-state index in [1.165, 1.54) is 37.4 Å². The number of hydrogen-bond donors (Lipinski definition) is 3. The molecule has 0 aromatic heterocycles. The van der Waals surface area contributed by atoms with Gasteiger partial charge in [0.15, 0.2) is 0 Å². The van der Waals surface area contributed by atoms with Crippen molar-refractivity contribution in [1.29, 1.82) is 0 Å². The number of phenols is 1. The number of anilines is 1. The smallest absolute Gasteiger partial charge is 0.256 e. The Morgan fingerprint density at radius 1 is 1.21 bits per heavy atom. The third kappa shape index (κ3) is 2.89. The quantitative estimate of drug-likeness (QED) is 0.729. The maximum absolute atomic E-state index is 12.2. The standard InChI is InChI=1S/C16H13ClN2O4S/c1-18-24(22,23)11-4-5-15-12(8-11)13(16(21)19-15)6-9-2-3-10(20)7-14(9)17/h2-8,18,20H,1H3,(H,19,21). The van der Waals surface area contributed by atoms with E-state index in [-0.39, 0.29) is 21.6 Å². The number of carbonyl (C=O) groups excluding carboxylic acids is 1. The fourth-order valence-corrected chi connectivity index (χ4v) is 3.37. The molecule has 3 N–H and O–H groups in total. The molecule has 8 heteroatoms. The van der Waals surface area contributed by atoms with Crippen LogP contribution in [0.15, 0.2) is 41.3 Å². The summed E-state index contributed by atoms with van der Waals surface area (Å²) in [4.78, 5) is 12.3. The van der Waals surface area contributed by atoms with Crippen LogP contribution >= 0.6 is 11.6 Å². The van der Waals surface area contributed by atoms with Crippen molar-refractivity contribution in [2.24, 2.45) is 0 Å². The summed E-state index contributed by atoms with van der Waals surface area (Å²) in [7, 11) is -2.30. The molecular weight excluding hydrogens is 352 g/mol. The molecular formula is C16H13ClN2O4S. The molecule has 0 saturated carbocycles. The lowest BCUT2D eigenvalue weighted by molar-refractivity contribution is -0.110. The van der Waals surface area contributed by atoms with Crippen molar-refractivity contribution in [3.05, 3.63) is 52.5 Å². The summed E-state index contributed by atoms with van der Waals surface area (Å²) in [5.41, 5.74) is 1.83. The molecule has 0 radical (unpaired) electrons. The number of nitrogens with one attached hydrogen (secondary N) is 2. The van der Waals surface area contributed by atoms with E-state index in [0.717, 1.165) is 0 Å². The fraction of sp³-hybridized carbons (Fsp3) is 0.0625. The molecule has 3 rings (SSSR count). The molecule has 0 saturated heterocycles. The van der Waals surface area contributed by atoms with Gasteiger partial charge in [-0.2, -0.15) is 0 Å². The lowest BCUT2D eigenvalue weighted by Crippen LogP contribution is -2.18. The third-order valence-electron chi connectivity index (χ3n) is 3.64. The Labute approximate surface area is 143 Å².